The van der Waals surface area contributed by atoms with Gasteiger partial charge in [0.15, 0.2) is 23.1 Å². The number of carbonyl (C=O) groups is 1. The molecule has 0 spiro atoms. The maximum Gasteiger partial charge on any atom is 0.170 e. The summed E-state index contributed by atoms with van der Waals surface area (Å²) in [7, 11) is 3.42. The molecule has 0 saturated heterocycles. The molecule has 106 valence electrons. The Hall–Kier alpha value is -2.37. The van der Waals surface area contributed by atoms with E-state index in [2.05, 4.69) is 10.2 Å². The Bertz CT molecular complexity index is 635. The van der Waals surface area contributed by atoms with Crippen LogP contribution in [0.5, 0.6) is 11.5 Å². The van der Waals surface area contributed by atoms with Crippen LogP contribution in [0.3, 0.4) is 0 Å². The maximum atomic E-state index is 11.3. The van der Waals surface area contributed by atoms with Gasteiger partial charge in [0.05, 0.1) is 7.11 Å². The van der Waals surface area contributed by atoms with E-state index < -0.39 is 0 Å². The number of aromatic nitrogens is 3. The van der Waals surface area contributed by atoms with E-state index in [0.717, 1.165) is 11.6 Å². The van der Waals surface area contributed by atoms with Gasteiger partial charge in [0.25, 0.3) is 0 Å². The molecule has 1 heterocycles. The number of carbonyl (C=O) groups excluding carboxylic acids is 1. The molecule has 0 bridgehead atoms. The van der Waals surface area contributed by atoms with Crippen LogP contribution in [0.4, 0.5) is 0 Å². The first-order chi connectivity index (χ1) is 9.52. The number of rotatable bonds is 5. The van der Waals surface area contributed by atoms with Gasteiger partial charge in [-0.15, -0.1) is 10.2 Å². The summed E-state index contributed by atoms with van der Waals surface area (Å²) in [4.78, 5) is 11.3. The topological polar surface area (TPSA) is 66.2 Å². The standard InChI is InChI=1S/C14H17N3O3/c1-9(18)11-5-6-12(13(7-11)19-4)20-8-14-16-15-10(2)17(14)3/h5-7H,8H2,1-4H3. The maximum absolute atomic E-state index is 11.3. The monoisotopic (exact) mass is 275 g/mol. The van der Waals surface area contributed by atoms with Crippen LogP contribution in [-0.4, -0.2) is 27.7 Å². The second kappa shape index (κ2) is 5.73. The van der Waals surface area contributed by atoms with Gasteiger partial charge in [-0.1, -0.05) is 0 Å². The highest BCUT2D eigenvalue weighted by Gasteiger charge is 2.10. The third-order valence-corrected chi connectivity index (χ3v) is 3.11. The molecular formula is C14H17N3O3. The fourth-order valence-electron chi connectivity index (χ4n) is 1.72. The zero-order valence-electron chi connectivity index (χ0n) is 12.0. The number of ketones is 1. The number of methoxy groups -OCH3 is 1. The van der Waals surface area contributed by atoms with Crippen molar-refractivity contribution >= 4 is 5.78 Å². The van der Waals surface area contributed by atoms with Gasteiger partial charge in [0.2, 0.25) is 0 Å². The van der Waals surface area contributed by atoms with Crippen LogP contribution in [-0.2, 0) is 13.7 Å². The van der Waals surface area contributed by atoms with E-state index >= 15 is 0 Å². The van der Waals surface area contributed by atoms with E-state index in [0.29, 0.717) is 17.1 Å². The summed E-state index contributed by atoms with van der Waals surface area (Å²) in [5, 5.41) is 7.99. The van der Waals surface area contributed by atoms with Crippen molar-refractivity contribution in [3.8, 4) is 11.5 Å². The summed E-state index contributed by atoms with van der Waals surface area (Å²) < 4.78 is 12.8. The van der Waals surface area contributed by atoms with E-state index in [1.807, 2.05) is 18.5 Å². The highest BCUT2D eigenvalue weighted by Crippen LogP contribution is 2.28. The lowest BCUT2D eigenvalue weighted by atomic mass is 10.1. The van der Waals surface area contributed by atoms with Gasteiger partial charge in [0, 0.05) is 12.6 Å². The highest BCUT2D eigenvalue weighted by molar-refractivity contribution is 5.94. The third kappa shape index (κ3) is 2.79. The Morgan fingerprint density at radius 3 is 2.60 bits per heavy atom. The summed E-state index contributed by atoms with van der Waals surface area (Å²) in [5.41, 5.74) is 0.587. The Morgan fingerprint density at radius 1 is 1.30 bits per heavy atom. The SMILES string of the molecule is COc1cc(C(C)=O)ccc1OCc1nnc(C)n1C. The number of Topliss-reactive ketones (excluding diaryl/α,β-unsaturated/α-hetero) is 1. The van der Waals surface area contributed by atoms with Crippen molar-refractivity contribution in [1.82, 2.24) is 14.8 Å². The molecule has 0 N–H and O–H groups in total. The molecule has 0 aliphatic heterocycles. The van der Waals surface area contributed by atoms with Crippen LogP contribution in [0.1, 0.15) is 28.9 Å². The van der Waals surface area contributed by atoms with Crippen molar-refractivity contribution in [1.29, 1.82) is 0 Å². The molecule has 6 heteroatoms. The zero-order valence-corrected chi connectivity index (χ0v) is 12.0. The number of hydrogen-bond acceptors (Lipinski definition) is 5. The molecule has 1 aromatic carbocycles. The fraction of sp³-hybridized carbons (Fsp3) is 0.357. The Balaban J connectivity index is 2.17. The van der Waals surface area contributed by atoms with E-state index in [9.17, 15) is 4.79 Å². The zero-order chi connectivity index (χ0) is 14.7. The quantitative estimate of drug-likeness (QED) is 0.780. The van der Waals surface area contributed by atoms with Gasteiger partial charge in [-0.05, 0) is 32.0 Å². The van der Waals surface area contributed by atoms with Crippen LogP contribution in [0.2, 0.25) is 0 Å². The highest BCUT2D eigenvalue weighted by atomic mass is 16.5. The summed E-state index contributed by atoms with van der Waals surface area (Å²) in [6, 6.07) is 5.10. The average molecular weight is 275 g/mol. The number of ether oxygens (including phenoxy) is 2. The molecule has 6 nitrogen and oxygen atoms in total. The predicted molar refractivity (Wildman–Crippen MR) is 73.1 cm³/mol. The Kier molecular flexibility index (Phi) is 4.02. The van der Waals surface area contributed by atoms with Gasteiger partial charge in [-0.25, -0.2) is 0 Å². The molecule has 2 rings (SSSR count). The van der Waals surface area contributed by atoms with E-state index in [1.165, 1.54) is 6.92 Å². The first-order valence-electron chi connectivity index (χ1n) is 6.19. The second-order valence-corrected chi connectivity index (χ2v) is 4.43. The van der Waals surface area contributed by atoms with Crippen molar-refractivity contribution in [2.24, 2.45) is 7.05 Å². The molecule has 0 unspecified atom stereocenters. The minimum Gasteiger partial charge on any atom is -0.493 e. The lowest BCUT2D eigenvalue weighted by molar-refractivity contribution is 0.101. The number of hydrogen-bond donors (Lipinski definition) is 0. The fourth-order valence-corrected chi connectivity index (χ4v) is 1.72. The largest absolute Gasteiger partial charge is 0.493 e. The summed E-state index contributed by atoms with van der Waals surface area (Å²) >= 11 is 0. The molecule has 20 heavy (non-hydrogen) atoms. The molecule has 0 radical (unpaired) electrons. The lowest BCUT2D eigenvalue weighted by Crippen LogP contribution is -2.05. The summed E-state index contributed by atoms with van der Waals surface area (Å²) in [6.07, 6.45) is 0. The van der Waals surface area contributed by atoms with Gasteiger partial charge in [-0.3, -0.25) is 4.79 Å². The molecular weight excluding hydrogens is 258 g/mol. The smallest absolute Gasteiger partial charge is 0.170 e. The van der Waals surface area contributed by atoms with Gasteiger partial charge < -0.3 is 14.0 Å². The molecule has 0 saturated carbocycles. The molecule has 0 amide bonds. The third-order valence-electron chi connectivity index (χ3n) is 3.11. The van der Waals surface area contributed by atoms with Crippen molar-refractivity contribution < 1.29 is 14.3 Å². The first-order valence-corrected chi connectivity index (χ1v) is 6.19. The van der Waals surface area contributed by atoms with Crippen molar-refractivity contribution in [2.75, 3.05) is 7.11 Å². The van der Waals surface area contributed by atoms with E-state index in [-0.39, 0.29) is 12.4 Å². The number of aryl methyl sites for hydroxylation is 1. The van der Waals surface area contributed by atoms with E-state index in [4.69, 9.17) is 9.47 Å². The summed E-state index contributed by atoms with van der Waals surface area (Å²) in [5.74, 6) is 2.62. The normalized spacial score (nSPS) is 10.4. The minimum atomic E-state index is -0.0150. The molecule has 0 fully saturated rings. The Labute approximate surface area is 117 Å². The number of nitrogens with zero attached hydrogens (tertiary/aromatic N) is 3. The molecule has 2 aromatic rings. The van der Waals surface area contributed by atoms with Gasteiger partial charge in [0.1, 0.15) is 12.4 Å². The first kappa shape index (κ1) is 14.0. The van der Waals surface area contributed by atoms with Gasteiger partial charge in [-0.2, -0.15) is 0 Å². The average Bonchev–Trinajstić information content (AvgIpc) is 2.76. The van der Waals surface area contributed by atoms with Crippen LogP contribution in [0, 0.1) is 6.92 Å². The lowest BCUT2D eigenvalue weighted by Gasteiger charge is -2.11. The van der Waals surface area contributed by atoms with Crippen LogP contribution in [0.15, 0.2) is 18.2 Å². The van der Waals surface area contributed by atoms with Crippen molar-refractivity contribution in [3.05, 3.63) is 35.4 Å². The van der Waals surface area contributed by atoms with E-state index in [1.54, 1.807) is 25.3 Å². The van der Waals surface area contributed by atoms with Crippen molar-refractivity contribution in [3.63, 3.8) is 0 Å². The molecule has 0 aliphatic carbocycles. The molecule has 1 aromatic heterocycles. The van der Waals surface area contributed by atoms with Crippen LogP contribution in [0.25, 0.3) is 0 Å². The Morgan fingerprint density at radius 2 is 2.05 bits per heavy atom. The minimum absolute atomic E-state index is 0.0150. The van der Waals surface area contributed by atoms with Gasteiger partial charge >= 0.3 is 0 Å². The van der Waals surface area contributed by atoms with Crippen LogP contribution < -0.4 is 9.47 Å². The van der Waals surface area contributed by atoms with Crippen molar-refractivity contribution in [2.45, 2.75) is 20.5 Å². The van der Waals surface area contributed by atoms with Crippen LogP contribution >= 0.6 is 0 Å². The summed E-state index contributed by atoms with van der Waals surface area (Å²) in [6.45, 7) is 3.67. The molecule has 0 aliphatic rings. The molecule has 0 atom stereocenters. The number of benzene rings is 1. The predicted octanol–water partition coefficient (Wildman–Crippen LogP) is 1.91. The second-order valence-electron chi connectivity index (χ2n) is 4.43.